The topological polar surface area (TPSA) is 260 Å². The molecule has 6 amide bonds. The number of carbonyl (C=O) groups is 6. The third-order valence-corrected chi connectivity index (χ3v) is 10.7. The van der Waals surface area contributed by atoms with E-state index in [0.29, 0.717) is 5.56 Å². The van der Waals surface area contributed by atoms with Crippen LogP contribution in [0.5, 0.6) is 0 Å². The highest BCUT2D eigenvalue weighted by atomic mass is 16.5. The van der Waals surface area contributed by atoms with Crippen molar-refractivity contribution in [3.63, 3.8) is 0 Å². The average molecular weight is 826 g/mol. The fourth-order valence-electron chi connectivity index (χ4n) is 7.62. The van der Waals surface area contributed by atoms with Gasteiger partial charge in [0, 0.05) is 56.3 Å². The molecule has 0 aliphatic carbocycles. The molecule has 0 bridgehead atoms. The summed E-state index contributed by atoms with van der Waals surface area (Å²) in [6, 6.07) is 21.6. The molecule has 318 valence electrons. The number of aliphatic hydroxyl groups excluding tert-OH is 3. The maximum absolute atomic E-state index is 14.3. The van der Waals surface area contributed by atoms with E-state index in [0.717, 1.165) is 29.0 Å². The molecule has 0 saturated carbocycles. The molecule has 10 N–H and O–H groups in total. The second kappa shape index (κ2) is 20.2. The lowest BCUT2D eigenvalue weighted by Gasteiger charge is -2.42. The Balaban J connectivity index is 1.30. The maximum Gasteiger partial charge on any atom is 0.243 e. The zero-order valence-electron chi connectivity index (χ0n) is 33.0. The lowest BCUT2D eigenvalue weighted by molar-refractivity contribution is -0.203. The fraction of sp³-hybridized carbons (Fsp3) is 0.395. The van der Waals surface area contributed by atoms with Crippen LogP contribution < -0.4 is 31.9 Å². The number of para-hydroxylation sites is 1. The Labute approximate surface area is 346 Å². The first kappa shape index (κ1) is 43.4. The van der Waals surface area contributed by atoms with E-state index in [9.17, 15) is 44.1 Å². The van der Waals surface area contributed by atoms with Gasteiger partial charge in [-0.2, -0.15) is 0 Å². The lowest BCUT2D eigenvalue weighted by atomic mass is 9.95. The summed E-state index contributed by atoms with van der Waals surface area (Å²) in [5, 5.41) is 48.1. The van der Waals surface area contributed by atoms with E-state index in [4.69, 9.17) is 4.74 Å². The summed E-state index contributed by atoms with van der Waals surface area (Å²) < 4.78 is 5.64. The standard InChI is InChI=1S/C43H51N7O10/c1-24(52)46-37-39(56)38(55)34(23-51)60-43(37)50-36(54)20-27-19-35(53)48-33(18-28-21-44-31-15-9-8-14-30(28)31)42(59)49-32(17-26-12-6-3-7-13-26)41(58)47-29(22-45-40(27)57)16-25-10-4-2-5-11-25/h2-15,21,27,29,32-34,37-39,43-44,51,55-56H,16-20,22-23H2,1H3,(H,45,57)(H,46,52)(H,47,58)(H,48,53)(H,49,59)(H,50,54)/t27-,29+,32+,33-,34?,37?,38?,39?,43?/m0/s1. The second-order valence-corrected chi connectivity index (χ2v) is 15.2. The number of aromatic amines is 1. The van der Waals surface area contributed by atoms with Crippen LogP contribution in [-0.4, -0.2) is 118 Å². The van der Waals surface area contributed by atoms with E-state index in [1.807, 2.05) is 84.9 Å². The SMILES string of the molecule is CC(=O)NC1C(NC(=O)C[C@@H]2CC(=O)N[C@@H](Cc3c[nH]c4ccccc34)C(=O)N[C@H](Cc3ccccc3)C(=O)N[C@H](Cc3ccccc3)CNC2=O)OC(CO)C(O)C1O. The fourth-order valence-corrected chi connectivity index (χ4v) is 7.62. The van der Waals surface area contributed by atoms with Crippen LogP contribution in [0.1, 0.15) is 36.5 Å². The van der Waals surface area contributed by atoms with Gasteiger partial charge in [-0.15, -0.1) is 0 Å². The van der Waals surface area contributed by atoms with Crippen molar-refractivity contribution in [2.45, 2.75) is 87.7 Å². The molecule has 1 aromatic heterocycles. The van der Waals surface area contributed by atoms with E-state index in [1.165, 1.54) is 0 Å². The summed E-state index contributed by atoms with van der Waals surface area (Å²) >= 11 is 0. The van der Waals surface area contributed by atoms with E-state index in [2.05, 4.69) is 36.9 Å². The van der Waals surface area contributed by atoms with Gasteiger partial charge in [0.2, 0.25) is 35.4 Å². The Morgan fingerprint density at radius 3 is 2.07 bits per heavy atom. The summed E-state index contributed by atoms with van der Waals surface area (Å²) in [6.45, 7) is 0.341. The van der Waals surface area contributed by atoms with Gasteiger partial charge in [0.15, 0.2) is 6.23 Å². The molecule has 2 aliphatic heterocycles. The maximum atomic E-state index is 14.3. The van der Waals surface area contributed by atoms with Crippen molar-refractivity contribution in [1.82, 2.24) is 36.9 Å². The largest absolute Gasteiger partial charge is 0.394 e. The summed E-state index contributed by atoms with van der Waals surface area (Å²) in [6.07, 6.45) is -4.96. The van der Waals surface area contributed by atoms with Gasteiger partial charge in [0.1, 0.15) is 36.4 Å². The number of nitrogens with one attached hydrogen (secondary N) is 7. The molecule has 2 fully saturated rings. The number of benzene rings is 3. The molecule has 5 unspecified atom stereocenters. The molecule has 2 aliphatic rings. The van der Waals surface area contributed by atoms with Gasteiger partial charge in [0.25, 0.3) is 0 Å². The summed E-state index contributed by atoms with van der Waals surface area (Å²) in [7, 11) is 0. The molecule has 6 rings (SSSR count). The molecule has 4 aromatic rings. The Bertz CT molecular complexity index is 2130. The Hall–Kier alpha value is -6.14. The lowest BCUT2D eigenvalue weighted by Crippen LogP contribution is -2.68. The number of fused-ring (bicyclic) bond motifs is 1. The highest BCUT2D eigenvalue weighted by Crippen LogP contribution is 2.22. The minimum Gasteiger partial charge on any atom is -0.394 e. The van der Waals surface area contributed by atoms with E-state index >= 15 is 0 Å². The minimum atomic E-state index is -1.64. The molecule has 9 atom stereocenters. The smallest absolute Gasteiger partial charge is 0.243 e. The number of aromatic nitrogens is 1. The van der Waals surface area contributed by atoms with Crippen LogP contribution in [0.2, 0.25) is 0 Å². The summed E-state index contributed by atoms with van der Waals surface area (Å²) in [5.74, 6) is -5.33. The van der Waals surface area contributed by atoms with Gasteiger partial charge >= 0.3 is 0 Å². The first-order chi connectivity index (χ1) is 28.9. The molecule has 60 heavy (non-hydrogen) atoms. The zero-order chi connectivity index (χ0) is 42.8. The summed E-state index contributed by atoms with van der Waals surface area (Å²) in [4.78, 5) is 85.3. The van der Waals surface area contributed by atoms with E-state index in [1.54, 1.807) is 6.20 Å². The van der Waals surface area contributed by atoms with Gasteiger partial charge in [0.05, 0.1) is 18.6 Å². The molecule has 17 heteroatoms. The molecule has 2 saturated heterocycles. The van der Waals surface area contributed by atoms with Crippen LogP contribution in [0.3, 0.4) is 0 Å². The van der Waals surface area contributed by atoms with Crippen molar-refractivity contribution >= 4 is 46.3 Å². The van der Waals surface area contributed by atoms with Crippen LogP contribution in [0.4, 0.5) is 0 Å². The molecule has 17 nitrogen and oxygen atoms in total. The van der Waals surface area contributed by atoms with Crippen molar-refractivity contribution in [3.8, 4) is 0 Å². The molecular formula is C43H51N7O10. The number of hydrogen-bond acceptors (Lipinski definition) is 10. The van der Waals surface area contributed by atoms with E-state index in [-0.39, 0.29) is 25.8 Å². The van der Waals surface area contributed by atoms with Gasteiger partial charge < -0.3 is 56.9 Å². The van der Waals surface area contributed by atoms with Crippen molar-refractivity contribution in [2.75, 3.05) is 13.2 Å². The molecular weight excluding hydrogens is 775 g/mol. The van der Waals surface area contributed by atoms with Gasteiger partial charge in [-0.1, -0.05) is 78.9 Å². The number of aliphatic hydroxyl groups is 3. The summed E-state index contributed by atoms with van der Waals surface area (Å²) in [5.41, 5.74) is 3.15. The number of H-pyrrole nitrogens is 1. The van der Waals surface area contributed by atoms with Crippen molar-refractivity contribution < 1.29 is 48.8 Å². The highest BCUT2D eigenvalue weighted by Gasteiger charge is 2.45. The van der Waals surface area contributed by atoms with Crippen molar-refractivity contribution in [3.05, 3.63) is 108 Å². The first-order valence-corrected chi connectivity index (χ1v) is 19.9. The average Bonchev–Trinajstić information content (AvgIpc) is 3.64. The first-order valence-electron chi connectivity index (χ1n) is 19.9. The number of amides is 6. The second-order valence-electron chi connectivity index (χ2n) is 15.2. The predicted octanol–water partition coefficient (Wildman–Crippen LogP) is -0.764. The van der Waals surface area contributed by atoms with Gasteiger partial charge in [-0.3, -0.25) is 28.8 Å². The van der Waals surface area contributed by atoms with Crippen LogP contribution in [0, 0.1) is 5.92 Å². The third-order valence-electron chi connectivity index (χ3n) is 10.7. The minimum absolute atomic E-state index is 0.0129. The third kappa shape index (κ3) is 11.3. The number of carbonyl (C=O) groups excluding carboxylic acids is 6. The van der Waals surface area contributed by atoms with Gasteiger partial charge in [-0.25, -0.2) is 0 Å². The zero-order valence-corrected chi connectivity index (χ0v) is 33.0. The van der Waals surface area contributed by atoms with Crippen molar-refractivity contribution in [2.24, 2.45) is 5.92 Å². The Morgan fingerprint density at radius 1 is 0.750 bits per heavy atom. The molecule has 3 heterocycles. The number of ether oxygens (including phenoxy) is 1. The van der Waals surface area contributed by atoms with Crippen molar-refractivity contribution in [1.29, 1.82) is 0 Å². The van der Waals surface area contributed by atoms with E-state index < -0.39 is 110 Å². The molecule has 3 aromatic carbocycles. The van der Waals surface area contributed by atoms with Crippen LogP contribution in [0.25, 0.3) is 10.9 Å². The van der Waals surface area contributed by atoms with Crippen LogP contribution >= 0.6 is 0 Å². The van der Waals surface area contributed by atoms with Gasteiger partial charge in [-0.05, 0) is 29.2 Å². The number of hydrogen-bond donors (Lipinski definition) is 10. The van der Waals surface area contributed by atoms with Crippen LogP contribution in [0.15, 0.2) is 91.1 Å². The monoisotopic (exact) mass is 825 g/mol. The predicted molar refractivity (Wildman–Crippen MR) is 217 cm³/mol. The van der Waals surface area contributed by atoms with Crippen LogP contribution in [-0.2, 0) is 52.8 Å². The molecule has 0 radical (unpaired) electrons. The Morgan fingerprint density at radius 2 is 1.38 bits per heavy atom. The molecule has 0 spiro atoms. The highest BCUT2D eigenvalue weighted by molar-refractivity contribution is 5.95. The quantitative estimate of drug-likeness (QED) is 0.0904. The normalized spacial score (nSPS) is 26.8. The Kier molecular flexibility index (Phi) is 14.6. The number of rotatable bonds is 11.